The fraction of sp³-hybridized carbons (Fsp3) is 0.517. The summed E-state index contributed by atoms with van der Waals surface area (Å²) in [7, 11) is 0. The highest BCUT2D eigenvalue weighted by molar-refractivity contribution is 5.71. The second-order valence-electron chi connectivity index (χ2n) is 16.2. The van der Waals surface area contributed by atoms with Crippen molar-refractivity contribution in [2.45, 2.75) is 187 Å². The third-order valence-corrected chi connectivity index (χ3v) is 10.0. The number of hydrogen-bond donors (Lipinski definition) is 0. The highest BCUT2D eigenvalue weighted by Crippen LogP contribution is 2.13. The first-order valence-electron chi connectivity index (χ1n) is 25.6. The van der Waals surface area contributed by atoms with E-state index >= 15 is 0 Å². The topological polar surface area (TPSA) is 78.9 Å². The standard InChI is InChI=1S/C60H90O6/c1-4-7-10-13-16-19-22-25-28-30-33-35-38-41-44-47-50-53-59(62)65-56-57(55-64-58(61)52-49-46-43-40-37-34-31-27-24-21-18-15-12-9-6-3)66-60(63)54-51-48-45-42-39-36-32-29-26-23-20-17-14-11-8-5-2/h7-13,15-22,24-31,33,35,38,57H,4-6,14,23,32,34,36-37,39-56H2,1-3H3/b10-7-,11-8-,12-9-,16-13-,18-15-,20-17-,22-19-,24-21-,28-25-,29-26-,31-27-,33-30+,38-35-. The Morgan fingerprint density at radius 1 is 0.318 bits per heavy atom. The van der Waals surface area contributed by atoms with Crippen LogP contribution in [0.25, 0.3) is 0 Å². The van der Waals surface area contributed by atoms with E-state index in [0.29, 0.717) is 19.3 Å². The Kier molecular flexibility index (Phi) is 48.7. The van der Waals surface area contributed by atoms with Crippen molar-refractivity contribution in [2.75, 3.05) is 13.2 Å². The quantitative estimate of drug-likeness (QED) is 0.0199. The predicted octanol–water partition coefficient (Wildman–Crippen LogP) is 17.0. The van der Waals surface area contributed by atoms with Crippen LogP contribution in [0.15, 0.2) is 158 Å². The van der Waals surface area contributed by atoms with Crippen LogP contribution in [0, 0.1) is 0 Å². The van der Waals surface area contributed by atoms with Crippen LogP contribution >= 0.6 is 0 Å². The van der Waals surface area contributed by atoms with E-state index < -0.39 is 6.10 Å². The summed E-state index contributed by atoms with van der Waals surface area (Å²) in [6.45, 7) is 6.14. The molecule has 0 aliphatic carbocycles. The molecule has 0 rings (SSSR count). The molecule has 0 aliphatic heterocycles. The number of ether oxygens (including phenoxy) is 3. The molecule has 1 atom stereocenters. The van der Waals surface area contributed by atoms with Gasteiger partial charge in [-0.05, 0) is 89.9 Å². The van der Waals surface area contributed by atoms with Crippen LogP contribution in [-0.2, 0) is 28.6 Å². The zero-order valence-corrected chi connectivity index (χ0v) is 41.6. The van der Waals surface area contributed by atoms with Gasteiger partial charge in [-0.2, -0.15) is 0 Å². The summed E-state index contributed by atoms with van der Waals surface area (Å²) in [4.78, 5) is 38.0. The van der Waals surface area contributed by atoms with Gasteiger partial charge in [-0.15, -0.1) is 0 Å². The van der Waals surface area contributed by atoms with Gasteiger partial charge in [-0.1, -0.05) is 230 Å². The Bertz CT molecular complexity index is 1560. The summed E-state index contributed by atoms with van der Waals surface area (Å²) >= 11 is 0. The molecule has 0 saturated heterocycles. The van der Waals surface area contributed by atoms with Gasteiger partial charge in [-0.3, -0.25) is 14.4 Å². The number of carbonyl (C=O) groups is 3. The largest absolute Gasteiger partial charge is 0.462 e. The van der Waals surface area contributed by atoms with E-state index in [1.807, 2.05) is 85.1 Å². The molecule has 0 aromatic heterocycles. The Hall–Kier alpha value is -4.97. The molecular formula is C60H90O6. The molecule has 0 amide bonds. The van der Waals surface area contributed by atoms with E-state index in [4.69, 9.17) is 14.2 Å². The summed E-state index contributed by atoms with van der Waals surface area (Å²) in [6.07, 6.45) is 76.4. The van der Waals surface area contributed by atoms with Gasteiger partial charge in [-0.25, -0.2) is 0 Å². The molecule has 0 bridgehead atoms. The molecule has 0 heterocycles. The van der Waals surface area contributed by atoms with Gasteiger partial charge < -0.3 is 14.2 Å². The van der Waals surface area contributed by atoms with Gasteiger partial charge in [0.05, 0.1) is 0 Å². The summed E-state index contributed by atoms with van der Waals surface area (Å²) in [5.74, 6) is -1.01. The van der Waals surface area contributed by atoms with Gasteiger partial charge in [0, 0.05) is 19.3 Å². The summed E-state index contributed by atoms with van der Waals surface area (Å²) in [5, 5.41) is 0. The molecule has 0 aromatic carbocycles. The molecule has 0 aliphatic rings. The molecule has 1 unspecified atom stereocenters. The number of hydrogen-bond acceptors (Lipinski definition) is 6. The third kappa shape index (κ3) is 50.0. The van der Waals surface area contributed by atoms with E-state index in [1.165, 1.54) is 12.8 Å². The summed E-state index contributed by atoms with van der Waals surface area (Å²) < 4.78 is 16.7. The zero-order chi connectivity index (χ0) is 47.9. The fourth-order valence-corrected chi connectivity index (χ4v) is 6.26. The Labute approximate surface area is 403 Å². The van der Waals surface area contributed by atoms with Crippen molar-refractivity contribution in [2.24, 2.45) is 0 Å². The lowest BCUT2D eigenvalue weighted by molar-refractivity contribution is -0.167. The number of rotatable bonds is 43. The summed E-state index contributed by atoms with van der Waals surface area (Å²) in [6, 6.07) is 0. The van der Waals surface area contributed by atoms with Crippen LogP contribution in [0.5, 0.6) is 0 Å². The van der Waals surface area contributed by atoms with Gasteiger partial charge in [0.2, 0.25) is 0 Å². The van der Waals surface area contributed by atoms with Crippen LogP contribution in [0.4, 0.5) is 0 Å². The SMILES string of the molecule is CC\C=C/C=C\C=C/C=C\C=C\C=C/CCCCCC(=O)OCC(COC(=O)CCCCCCC\C=C/C=C\C=C/C=C\CC)OC(=O)CCCCCCCC/C=C\C/C=C\C/C=C\CC. The van der Waals surface area contributed by atoms with Crippen LogP contribution in [0.2, 0.25) is 0 Å². The van der Waals surface area contributed by atoms with E-state index in [1.54, 1.807) is 0 Å². The lowest BCUT2D eigenvalue weighted by Crippen LogP contribution is -2.30. The molecule has 0 fully saturated rings. The van der Waals surface area contributed by atoms with Crippen molar-refractivity contribution >= 4 is 17.9 Å². The maximum Gasteiger partial charge on any atom is 0.306 e. The first-order chi connectivity index (χ1) is 32.5. The predicted molar refractivity (Wildman–Crippen MR) is 283 cm³/mol. The second kappa shape index (κ2) is 52.7. The normalized spacial score (nSPS) is 13.4. The monoisotopic (exact) mass is 907 g/mol. The average Bonchev–Trinajstić information content (AvgIpc) is 3.31. The van der Waals surface area contributed by atoms with Gasteiger partial charge >= 0.3 is 17.9 Å². The number of esters is 3. The Balaban J connectivity index is 4.59. The first-order valence-corrected chi connectivity index (χ1v) is 25.6. The lowest BCUT2D eigenvalue weighted by atomic mass is 10.1. The maximum absolute atomic E-state index is 12.8. The van der Waals surface area contributed by atoms with Crippen LogP contribution in [0.1, 0.15) is 181 Å². The van der Waals surface area contributed by atoms with Crippen LogP contribution in [-0.4, -0.2) is 37.2 Å². The van der Waals surface area contributed by atoms with Crippen molar-refractivity contribution in [1.29, 1.82) is 0 Å². The Morgan fingerprint density at radius 2 is 0.621 bits per heavy atom. The van der Waals surface area contributed by atoms with E-state index in [0.717, 1.165) is 122 Å². The van der Waals surface area contributed by atoms with E-state index in [9.17, 15) is 14.4 Å². The van der Waals surface area contributed by atoms with E-state index in [-0.39, 0.29) is 37.5 Å². The van der Waals surface area contributed by atoms with Crippen LogP contribution in [0.3, 0.4) is 0 Å². The van der Waals surface area contributed by atoms with Crippen molar-refractivity contribution in [1.82, 2.24) is 0 Å². The molecule has 0 aromatic rings. The highest BCUT2D eigenvalue weighted by atomic mass is 16.6. The highest BCUT2D eigenvalue weighted by Gasteiger charge is 2.19. The fourth-order valence-electron chi connectivity index (χ4n) is 6.26. The molecule has 66 heavy (non-hydrogen) atoms. The maximum atomic E-state index is 12.8. The minimum atomic E-state index is -0.822. The van der Waals surface area contributed by atoms with Gasteiger partial charge in [0.1, 0.15) is 13.2 Å². The third-order valence-electron chi connectivity index (χ3n) is 10.0. The van der Waals surface area contributed by atoms with Gasteiger partial charge in [0.25, 0.3) is 0 Å². The molecule has 0 N–H and O–H groups in total. The minimum absolute atomic E-state index is 0.119. The Morgan fingerprint density at radius 3 is 1.05 bits per heavy atom. The first kappa shape index (κ1) is 61.0. The average molecular weight is 907 g/mol. The number of unbranched alkanes of at least 4 members (excludes halogenated alkanes) is 14. The van der Waals surface area contributed by atoms with Crippen LogP contribution < -0.4 is 0 Å². The van der Waals surface area contributed by atoms with Crippen molar-refractivity contribution in [3.63, 3.8) is 0 Å². The van der Waals surface area contributed by atoms with Crippen molar-refractivity contribution in [3.05, 3.63) is 158 Å². The summed E-state index contributed by atoms with van der Waals surface area (Å²) in [5.41, 5.74) is 0. The number of allylic oxidation sites excluding steroid dienone is 26. The van der Waals surface area contributed by atoms with E-state index in [2.05, 4.69) is 93.7 Å². The molecule has 6 nitrogen and oxygen atoms in total. The van der Waals surface area contributed by atoms with Crippen molar-refractivity contribution in [3.8, 4) is 0 Å². The molecule has 0 radical (unpaired) electrons. The zero-order valence-electron chi connectivity index (χ0n) is 41.6. The van der Waals surface area contributed by atoms with Gasteiger partial charge in [0.15, 0.2) is 6.10 Å². The molecule has 366 valence electrons. The minimum Gasteiger partial charge on any atom is -0.462 e. The van der Waals surface area contributed by atoms with Crippen molar-refractivity contribution < 1.29 is 28.6 Å². The molecular weight excluding hydrogens is 817 g/mol. The second-order valence-corrected chi connectivity index (χ2v) is 16.2. The molecule has 0 saturated carbocycles. The lowest BCUT2D eigenvalue weighted by Gasteiger charge is -2.18. The molecule has 0 spiro atoms. The number of carbonyl (C=O) groups excluding carboxylic acids is 3. The smallest absolute Gasteiger partial charge is 0.306 e. The molecule has 6 heteroatoms.